The van der Waals surface area contributed by atoms with Gasteiger partial charge in [-0.25, -0.2) is 9.37 Å². The van der Waals surface area contributed by atoms with Crippen LogP contribution in [0.25, 0.3) is 16.9 Å². The minimum atomic E-state index is -0.335. The van der Waals surface area contributed by atoms with Crippen molar-refractivity contribution in [2.75, 3.05) is 11.1 Å². The number of benzene rings is 2. The molecule has 124 valence electrons. The van der Waals surface area contributed by atoms with Crippen molar-refractivity contribution in [2.24, 2.45) is 0 Å². The molecule has 6 nitrogen and oxygen atoms in total. The molecule has 0 aliphatic carbocycles. The second-order valence-corrected chi connectivity index (χ2v) is 5.59. The Hall–Kier alpha value is -3.48. The summed E-state index contributed by atoms with van der Waals surface area (Å²) in [7, 11) is 0. The lowest BCUT2D eigenvalue weighted by Gasteiger charge is -2.10. The number of rotatable bonds is 3. The molecular formula is C18H15FN6. The van der Waals surface area contributed by atoms with Gasteiger partial charge in [-0.2, -0.15) is 9.97 Å². The summed E-state index contributed by atoms with van der Waals surface area (Å²) in [4.78, 5) is 13.2. The molecule has 0 aliphatic heterocycles. The van der Waals surface area contributed by atoms with E-state index in [2.05, 4.69) is 20.3 Å². The summed E-state index contributed by atoms with van der Waals surface area (Å²) in [6.07, 6.45) is 0. The molecule has 2 aromatic carbocycles. The number of nitrogens with zero attached hydrogens (tertiary/aromatic N) is 4. The van der Waals surface area contributed by atoms with Crippen molar-refractivity contribution < 1.29 is 4.39 Å². The van der Waals surface area contributed by atoms with Gasteiger partial charge in [-0.3, -0.25) is 4.57 Å². The Morgan fingerprint density at radius 2 is 1.80 bits per heavy atom. The molecule has 0 aliphatic rings. The van der Waals surface area contributed by atoms with E-state index < -0.39 is 0 Å². The molecule has 7 heteroatoms. The average Bonchev–Trinajstić information content (AvgIpc) is 2.90. The van der Waals surface area contributed by atoms with Crippen LogP contribution in [0.3, 0.4) is 0 Å². The third-order valence-electron chi connectivity index (χ3n) is 3.78. The molecule has 0 spiro atoms. The first kappa shape index (κ1) is 15.1. The first-order valence-electron chi connectivity index (χ1n) is 7.72. The number of imidazole rings is 1. The highest BCUT2D eigenvalue weighted by Crippen LogP contribution is 2.23. The molecule has 2 aromatic heterocycles. The summed E-state index contributed by atoms with van der Waals surface area (Å²) in [6.45, 7) is 1.83. The quantitative estimate of drug-likeness (QED) is 0.598. The van der Waals surface area contributed by atoms with Crippen molar-refractivity contribution in [1.82, 2.24) is 19.5 Å². The summed E-state index contributed by atoms with van der Waals surface area (Å²) in [5.41, 5.74) is 8.10. The fourth-order valence-corrected chi connectivity index (χ4v) is 2.73. The van der Waals surface area contributed by atoms with Gasteiger partial charge >= 0.3 is 0 Å². The van der Waals surface area contributed by atoms with E-state index in [1.165, 1.54) is 12.1 Å². The second-order valence-electron chi connectivity index (χ2n) is 5.59. The SMILES string of the molecule is Cc1nc2ccc(F)cc2n1-c1cc(N)nc(Nc2ccccc2)n1. The number of halogens is 1. The van der Waals surface area contributed by atoms with E-state index in [0.29, 0.717) is 34.4 Å². The summed E-state index contributed by atoms with van der Waals surface area (Å²) in [6, 6.07) is 15.6. The Balaban J connectivity index is 1.84. The Morgan fingerprint density at radius 1 is 1.00 bits per heavy atom. The van der Waals surface area contributed by atoms with Crippen LogP contribution in [-0.4, -0.2) is 19.5 Å². The van der Waals surface area contributed by atoms with Gasteiger partial charge in [-0.15, -0.1) is 0 Å². The maximum Gasteiger partial charge on any atom is 0.231 e. The Labute approximate surface area is 143 Å². The molecule has 0 saturated heterocycles. The molecule has 0 fully saturated rings. The number of hydrogen-bond donors (Lipinski definition) is 2. The molecule has 4 rings (SSSR count). The molecule has 2 heterocycles. The van der Waals surface area contributed by atoms with Crippen LogP contribution in [0.2, 0.25) is 0 Å². The lowest BCUT2D eigenvalue weighted by molar-refractivity contribution is 0.629. The van der Waals surface area contributed by atoms with E-state index >= 15 is 0 Å². The van der Waals surface area contributed by atoms with Gasteiger partial charge in [0.15, 0.2) is 0 Å². The topological polar surface area (TPSA) is 81.7 Å². The molecule has 0 unspecified atom stereocenters. The number of hydrogen-bond acceptors (Lipinski definition) is 5. The maximum absolute atomic E-state index is 13.7. The molecule has 25 heavy (non-hydrogen) atoms. The van der Waals surface area contributed by atoms with Crippen molar-refractivity contribution in [2.45, 2.75) is 6.92 Å². The Bertz CT molecular complexity index is 1060. The Morgan fingerprint density at radius 3 is 2.60 bits per heavy atom. The lowest BCUT2D eigenvalue weighted by Crippen LogP contribution is -2.07. The largest absolute Gasteiger partial charge is 0.383 e. The van der Waals surface area contributed by atoms with Gasteiger partial charge < -0.3 is 11.1 Å². The third-order valence-corrected chi connectivity index (χ3v) is 3.78. The van der Waals surface area contributed by atoms with Crippen LogP contribution in [0.1, 0.15) is 5.82 Å². The van der Waals surface area contributed by atoms with Crippen LogP contribution in [0.15, 0.2) is 54.6 Å². The van der Waals surface area contributed by atoms with E-state index in [-0.39, 0.29) is 5.82 Å². The highest BCUT2D eigenvalue weighted by atomic mass is 19.1. The van der Waals surface area contributed by atoms with Crippen molar-refractivity contribution in [3.8, 4) is 5.82 Å². The van der Waals surface area contributed by atoms with Gasteiger partial charge in [0, 0.05) is 17.8 Å². The van der Waals surface area contributed by atoms with E-state index in [9.17, 15) is 4.39 Å². The van der Waals surface area contributed by atoms with E-state index in [0.717, 1.165) is 5.69 Å². The van der Waals surface area contributed by atoms with E-state index in [4.69, 9.17) is 5.73 Å². The molecule has 0 amide bonds. The number of fused-ring (bicyclic) bond motifs is 1. The first-order chi connectivity index (χ1) is 12.1. The number of aromatic nitrogens is 4. The molecule has 0 atom stereocenters. The normalized spacial score (nSPS) is 11.0. The third kappa shape index (κ3) is 2.87. The number of anilines is 3. The van der Waals surface area contributed by atoms with Crippen LogP contribution >= 0.6 is 0 Å². The zero-order chi connectivity index (χ0) is 17.4. The highest BCUT2D eigenvalue weighted by Gasteiger charge is 2.13. The maximum atomic E-state index is 13.7. The highest BCUT2D eigenvalue weighted by molar-refractivity contribution is 5.78. The molecular weight excluding hydrogens is 319 g/mol. The average molecular weight is 334 g/mol. The van der Waals surface area contributed by atoms with Gasteiger partial charge in [0.25, 0.3) is 0 Å². The smallest absolute Gasteiger partial charge is 0.231 e. The number of aryl methyl sites for hydroxylation is 1. The zero-order valence-corrected chi connectivity index (χ0v) is 13.4. The summed E-state index contributed by atoms with van der Waals surface area (Å²) < 4.78 is 15.4. The molecule has 0 bridgehead atoms. The molecule has 3 N–H and O–H groups in total. The van der Waals surface area contributed by atoms with Gasteiger partial charge in [0.05, 0.1) is 11.0 Å². The summed E-state index contributed by atoms with van der Waals surface area (Å²) in [5, 5.41) is 3.12. The fraction of sp³-hybridized carbons (Fsp3) is 0.0556. The van der Waals surface area contributed by atoms with Crippen LogP contribution in [0.5, 0.6) is 0 Å². The van der Waals surface area contributed by atoms with Crippen LogP contribution in [0, 0.1) is 12.7 Å². The number of nitrogens with one attached hydrogen (secondary N) is 1. The van der Waals surface area contributed by atoms with Gasteiger partial charge in [-0.1, -0.05) is 18.2 Å². The minimum absolute atomic E-state index is 0.307. The first-order valence-corrected chi connectivity index (χ1v) is 7.72. The predicted octanol–water partition coefficient (Wildman–Crippen LogP) is 3.59. The zero-order valence-electron chi connectivity index (χ0n) is 13.4. The lowest BCUT2D eigenvalue weighted by atomic mass is 10.3. The number of nitrogens with two attached hydrogens (primary N) is 1. The molecule has 4 aromatic rings. The molecule has 0 saturated carbocycles. The predicted molar refractivity (Wildman–Crippen MR) is 95.5 cm³/mol. The Kier molecular flexibility index (Phi) is 3.53. The summed E-state index contributed by atoms with van der Waals surface area (Å²) >= 11 is 0. The fourth-order valence-electron chi connectivity index (χ4n) is 2.73. The number of para-hydroxylation sites is 1. The van der Waals surface area contributed by atoms with E-state index in [1.807, 2.05) is 37.3 Å². The second kappa shape index (κ2) is 5.86. The minimum Gasteiger partial charge on any atom is -0.383 e. The standard InChI is InChI=1S/C18H15FN6/c1-11-21-14-8-7-12(19)9-15(14)25(11)17-10-16(20)23-18(24-17)22-13-5-3-2-4-6-13/h2-10H,1H3,(H3,20,22,23,24). The molecule has 0 radical (unpaired) electrons. The van der Waals surface area contributed by atoms with Crippen LogP contribution < -0.4 is 11.1 Å². The van der Waals surface area contributed by atoms with Crippen molar-refractivity contribution in [3.05, 3.63) is 66.2 Å². The summed E-state index contributed by atoms with van der Waals surface area (Å²) in [5.74, 6) is 1.54. The van der Waals surface area contributed by atoms with E-state index in [1.54, 1.807) is 16.7 Å². The monoisotopic (exact) mass is 334 g/mol. The number of nitrogen functional groups attached to an aromatic ring is 1. The van der Waals surface area contributed by atoms with Crippen LogP contribution in [-0.2, 0) is 0 Å². The van der Waals surface area contributed by atoms with Gasteiger partial charge in [-0.05, 0) is 31.2 Å². The van der Waals surface area contributed by atoms with Gasteiger partial charge in [0.1, 0.15) is 23.3 Å². The van der Waals surface area contributed by atoms with Crippen molar-refractivity contribution in [1.29, 1.82) is 0 Å². The van der Waals surface area contributed by atoms with Gasteiger partial charge in [0.2, 0.25) is 5.95 Å². The van der Waals surface area contributed by atoms with Crippen molar-refractivity contribution in [3.63, 3.8) is 0 Å². The van der Waals surface area contributed by atoms with Crippen molar-refractivity contribution >= 4 is 28.5 Å². The van der Waals surface area contributed by atoms with Crippen LogP contribution in [0.4, 0.5) is 21.8 Å².